The Labute approximate surface area is 183 Å². The second kappa shape index (κ2) is 7.87. The molecule has 4 aliphatic carbocycles. The molecule has 4 aliphatic rings. The van der Waals surface area contributed by atoms with Crippen LogP contribution in [0.2, 0.25) is 0 Å². The monoisotopic (exact) mass is 414 g/mol. The molecule has 0 saturated heterocycles. The van der Waals surface area contributed by atoms with Crippen molar-refractivity contribution in [1.82, 2.24) is 0 Å². The first-order valence-electron chi connectivity index (χ1n) is 12.4. The molecule has 0 heterocycles. The summed E-state index contributed by atoms with van der Waals surface area (Å²) in [6.07, 6.45) is 11.7. The molecule has 3 heteroatoms. The quantitative estimate of drug-likeness (QED) is 0.523. The van der Waals surface area contributed by atoms with Gasteiger partial charge in [0.05, 0.1) is 6.61 Å². The lowest BCUT2D eigenvalue weighted by molar-refractivity contribution is -0.136. The molecule has 0 N–H and O–H groups in total. The van der Waals surface area contributed by atoms with Gasteiger partial charge in [-0.1, -0.05) is 40.2 Å². The topological polar surface area (TPSA) is 43.4 Å². The van der Waals surface area contributed by atoms with Gasteiger partial charge in [-0.15, -0.1) is 0 Å². The summed E-state index contributed by atoms with van der Waals surface area (Å²) < 4.78 is 5.90. The molecule has 6 atom stereocenters. The predicted octanol–water partition coefficient (Wildman–Crippen LogP) is 6.16. The van der Waals surface area contributed by atoms with Crippen LogP contribution in [-0.2, 0) is 14.3 Å². The number of fused-ring (bicyclic) bond motifs is 5. The normalized spacial score (nSPS) is 41.0. The van der Waals surface area contributed by atoms with E-state index in [1.807, 2.05) is 6.08 Å². The minimum Gasteiger partial charge on any atom is -0.373 e. The van der Waals surface area contributed by atoms with Gasteiger partial charge in [-0.25, -0.2) is 0 Å². The molecule has 0 aromatic heterocycles. The van der Waals surface area contributed by atoms with Gasteiger partial charge in [0.1, 0.15) is 6.61 Å². The second-order valence-corrected chi connectivity index (χ2v) is 12.1. The van der Waals surface area contributed by atoms with Crippen molar-refractivity contribution in [3.8, 4) is 0 Å². The molecule has 0 amide bonds. The van der Waals surface area contributed by atoms with E-state index in [1.54, 1.807) is 0 Å². The molecule has 0 aliphatic heterocycles. The van der Waals surface area contributed by atoms with Crippen molar-refractivity contribution >= 4 is 11.6 Å². The highest BCUT2D eigenvalue weighted by molar-refractivity contribution is 5.91. The second-order valence-electron chi connectivity index (χ2n) is 12.1. The van der Waals surface area contributed by atoms with Crippen molar-refractivity contribution in [1.29, 1.82) is 0 Å². The Balaban J connectivity index is 1.46. The van der Waals surface area contributed by atoms with Crippen LogP contribution in [0, 0.1) is 39.9 Å². The predicted molar refractivity (Wildman–Crippen MR) is 120 cm³/mol. The smallest absolute Gasteiger partial charge is 0.162 e. The number of ether oxygens (including phenoxy) is 1. The average molecular weight is 415 g/mol. The van der Waals surface area contributed by atoms with E-state index in [9.17, 15) is 9.59 Å². The lowest BCUT2D eigenvalue weighted by Crippen LogP contribution is -2.51. The van der Waals surface area contributed by atoms with Crippen LogP contribution >= 0.6 is 0 Å². The summed E-state index contributed by atoms with van der Waals surface area (Å²) in [5.74, 6) is 2.92. The van der Waals surface area contributed by atoms with Crippen LogP contribution in [0.5, 0.6) is 0 Å². The van der Waals surface area contributed by atoms with Crippen molar-refractivity contribution in [2.75, 3.05) is 13.2 Å². The fraction of sp³-hybridized carbons (Fsp3) is 0.852. The summed E-state index contributed by atoms with van der Waals surface area (Å²) in [5, 5.41) is 0. The summed E-state index contributed by atoms with van der Waals surface area (Å²) in [6, 6.07) is 0. The molecule has 0 aromatic carbocycles. The molecular formula is C27H42O3. The van der Waals surface area contributed by atoms with E-state index in [0.717, 1.165) is 44.4 Å². The first-order chi connectivity index (χ1) is 14.1. The van der Waals surface area contributed by atoms with E-state index in [0.29, 0.717) is 30.0 Å². The van der Waals surface area contributed by atoms with Gasteiger partial charge in [0.2, 0.25) is 0 Å². The molecule has 168 valence electrons. The summed E-state index contributed by atoms with van der Waals surface area (Å²) in [4.78, 5) is 25.2. The van der Waals surface area contributed by atoms with E-state index in [-0.39, 0.29) is 28.8 Å². The van der Waals surface area contributed by atoms with Gasteiger partial charge >= 0.3 is 0 Å². The van der Waals surface area contributed by atoms with Gasteiger partial charge in [-0.05, 0) is 91.4 Å². The summed E-state index contributed by atoms with van der Waals surface area (Å²) in [5.41, 5.74) is 1.94. The fourth-order valence-electron chi connectivity index (χ4n) is 7.72. The molecule has 30 heavy (non-hydrogen) atoms. The molecule has 0 spiro atoms. The van der Waals surface area contributed by atoms with Crippen molar-refractivity contribution in [3.63, 3.8) is 0 Å². The van der Waals surface area contributed by atoms with Crippen molar-refractivity contribution in [2.24, 2.45) is 39.9 Å². The van der Waals surface area contributed by atoms with Gasteiger partial charge in [0.25, 0.3) is 0 Å². The lowest BCUT2D eigenvalue weighted by atomic mass is 9.46. The standard InChI is InChI=1S/C27H42O3/c1-6-25(2,3)17-30-16-24(29)23-10-9-21-20-8-7-18-15-19(28)11-13-26(18,4)22(20)12-14-27(21,23)5/h15,20-23H,6-14,16-17H2,1-5H3. The van der Waals surface area contributed by atoms with Crippen molar-refractivity contribution < 1.29 is 14.3 Å². The molecule has 0 radical (unpaired) electrons. The zero-order chi connectivity index (χ0) is 21.7. The SMILES string of the molecule is CCC(C)(C)COCC(=O)C1CCC2C3CCC4=CC(=O)CCC4(C)C3CCC12C. The van der Waals surface area contributed by atoms with Gasteiger partial charge in [-0.3, -0.25) is 9.59 Å². The minimum atomic E-state index is 0.143. The maximum Gasteiger partial charge on any atom is 0.162 e. The molecule has 0 bridgehead atoms. The molecule has 3 fully saturated rings. The Kier molecular flexibility index (Phi) is 5.83. The van der Waals surface area contributed by atoms with Crippen LogP contribution in [0.25, 0.3) is 0 Å². The molecular weight excluding hydrogens is 372 g/mol. The van der Waals surface area contributed by atoms with Crippen LogP contribution in [0.1, 0.15) is 92.4 Å². The number of ketones is 2. The molecule has 3 nitrogen and oxygen atoms in total. The van der Waals surface area contributed by atoms with E-state index in [4.69, 9.17) is 4.74 Å². The van der Waals surface area contributed by atoms with Gasteiger partial charge < -0.3 is 4.74 Å². The highest BCUT2D eigenvalue weighted by Crippen LogP contribution is 2.66. The van der Waals surface area contributed by atoms with E-state index in [2.05, 4.69) is 34.6 Å². The van der Waals surface area contributed by atoms with Crippen LogP contribution in [0.4, 0.5) is 0 Å². The van der Waals surface area contributed by atoms with Crippen molar-refractivity contribution in [3.05, 3.63) is 11.6 Å². The zero-order valence-electron chi connectivity index (χ0n) is 19.9. The molecule has 3 saturated carbocycles. The first kappa shape index (κ1) is 22.2. The Morgan fingerprint density at radius 3 is 2.60 bits per heavy atom. The Morgan fingerprint density at radius 2 is 1.87 bits per heavy atom. The number of hydrogen-bond donors (Lipinski definition) is 0. The molecule has 4 rings (SSSR count). The van der Waals surface area contributed by atoms with E-state index >= 15 is 0 Å². The fourth-order valence-corrected chi connectivity index (χ4v) is 7.72. The highest BCUT2D eigenvalue weighted by atomic mass is 16.5. The Bertz CT molecular complexity index is 734. The van der Waals surface area contributed by atoms with Gasteiger partial charge in [0.15, 0.2) is 11.6 Å². The van der Waals surface area contributed by atoms with Gasteiger partial charge in [-0.2, -0.15) is 0 Å². The van der Waals surface area contributed by atoms with Crippen LogP contribution in [0.3, 0.4) is 0 Å². The van der Waals surface area contributed by atoms with Crippen LogP contribution in [-0.4, -0.2) is 24.8 Å². The van der Waals surface area contributed by atoms with E-state index in [1.165, 1.54) is 24.8 Å². The number of carbonyl (C=O) groups is 2. The summed E-state index contributed by atoms with van der Waals surface area (Å²) in [7, 11) is 0. The first-order valence-corrected chi connectivity index (χ1v) is 12.4. The van der Waals surface area contributed by atoms with Crippen molar-refractivity contribution in [2.45, 2.75) is 92.4 Å². The average Bonchev–Trinajstić information content (AvgIpc) is 3.05. The zero-order valence-corrected chi connectivity index (χ0v) is 19.9. The number of Topliss-reactive ketones (excluding diaryl/α,β-unsaturated/α-hetero) is 1. The summed E-state index contributed by atoms with van der Waals surface area (Å²) >= 11 is 0. The highest BCUT2D eigenvalue weighted by Gasteiger charge is 2.60. The summed E-state index contributed by atoms with van der Waals surface area (Å²) in [6.45, 7) is 12.4. The Morgan fingerprint density at radius 1 is 1.10 bits per heavy atom. The maximum absolute atomic E-state index is 13.2. The van der Waals surface area contributed by atoms with Crippen LogP contribution in [0.15, 0.2) is 11.6 Å². The largest absolute Gasteiger partial charge is 0.373 e. The molecule has 0 aromatic rings. The minimum absolute atomic E-state index is 0.143. The third kappa shape index (κ3) is 3.63. The number of hydrogen-bond acceptors (Lipinski definition) is 3. The van der Waals surface area contributed by atoms with Crippen LogP contribution < -0.4 is 0 Å². The third-order valence-corrected chi connectivity index (χ3v) is 10.0. The van der Waals surface area contributed by atoms with E-state index < -0.39 is 0 Å². The number of carbonyl (C=O) groups excluding carboxylic acids is 2. The Hall–Kier alpha value is -0.960. The van der Waals surface area contributed by atoms with Gasteiger partial charge in [0, 0.05) is 12.3 Å². The lowest BCUT2D eigenvalue weighted by Gasteiger charge is -2.58. The molecule has 6 unspecified atom stereocenters. The number of allylic oxidation sites excluding steroid dienone is 1. The third-order valence-electron chi connectivity index (χ3n) is 10.0. The maximum atomic E-state index is 13.2. The number of rotatable bonds is 6.